The van der Waals surface area contributed by atoms with E-state index in [4.69, 9.17) is 22.4 Å². The second-order valence-electron chi connectivity index (χ2n) is 3.36. The van der Waals surface area contributed by atoms with Crippen LogP contribution in [-0.2, 0) is 6.54 Å². The number of benzene rings is 1. The molecule has 1 aromatic carbocycles. The van der Waals surface area contributed by atoms with Crippen LogP contribution in [0.1, 0.15) is 0 Å². The summed E-state index contributed by atoms with van der Waals surface area (Å²) in [5.74, 6) is 0.384. The molecule has 3 N–H and O–H groups in total. The summed E-state index contributed by atoms with van der Waals surface area (Å²) in [5.41, 5.74) is 7.34. The molecule has 0 saturated heterocycles. The zero-order valence-corrected chi connectivity index (χ0v) is 9.35. The van der Waals surface area contributed by atoms with Crippen LogP contribution < -0.4 is 5.73 Å². The monoisotopic (exact) mass is 237 g/mol. The van der Waals surface area contributed by atoms with Crippen LogP contribution in [0.3, 0.4) is 0 Å². The number of hydrogen-bond acceptors (Lipinski definition) is 3. The van der Waals surface area contributed by atoms with Gasteiger partial charge in [0.1, 0.15) is 16.5 Å². The Balaban J connectivity index is 2.46. The van der Waals surface area contributed by atoms with Gasteiger partial charge in [-0.25, -0.2) is 4.68 Å². The van der Waals surface area contributed by atoms with Crippen LogP contribution in [0.4, 0.5) is 5.82 Å². The Morgan fingerprint density at radius 1 is 1.31 bits per heavy atom. The lowest BCUT2D eigenvalue weighted by Gasteiger charge is -1.98. The third-order valence-electron chi connectivity index (χ3n) is 2.29. The van der Waals surface area contributed by atoms with Gasteiger partial charge in [0.05, 0.1) is 13.2 Å². The summed E-state index contributed by atoms with van der Waals surface area (Å²) in [6.07, 6.45) is 0. The first-order chi connectivity index (χ1) is 7.74. The van der Waals surface area contributed by atoms with E-state index in [9.17, 15) is 0 Å². The third kappa shape index (κ3) is 1.89. The summed E-state index contributed by atoms with van der Waals surface area (Å²) < 4.78 is 1.50. The highest BCUT2D eigenvalue weighted by Gasteiger charge is 2.14. The van der Waals surface area contributed by atoms with Gasteiger partial charge in [-0.05, 0) is 0 Å². The van der Waals surface area contributed by atoms with Crippen molar-refractivity contribution in [2.24, 2.45) is 0 Å². The number of hydrogen-bond donors (Lipinski definition) is 2. The van der Waals surface area contributed by atoms with Gasteiger partial charge < -0.3 is 10.8 Å². The van der Waals surface area contributed by atoms with Gasteiger partial charge in [0.25, 0.3) is 0 Å². The number of halogens is 1. The molecule has 0 spiro atoms. The molecule has 1 heterocycles. The molecular weight excluding hydrogens is 226 g/mol. The van der Waals surface area contributed by atoms with E-state index in [0.29, 0.717) is 23.1 Å². The maximum Gasteiger partial charge on any atom is 0.141 e. The van der Waals surface area contributed by atoms with Crippen molar-refractivity contribution in [1.82, 2.24) is 9.78 Å². The Labute approximate surface area is 98.3 Å². The first-order valence-corrected chi connectivity index (χ1v) is 5.30. The molecule has 84 valence electrons. The van der Waals surface area contributed by atoms with Gasteiger partial charge >= 0.3 is 0 Å². The zero-order chi connectivity index (χ0) is 11.5. The fourth-order valence-corrected chi connectivity index (χ4v) is 1.74. The second-order valence-corrected chi connectivity index (χ2v) is 3.74. The lowest BCUT2D eigenvalue weighted by atomic mass is 10.1. The van der Waals surface area contributed by atoms with Gasteiger partial charge in [0, 0.05) is 5.56 Å². The molecular formula is C11H12ClN3O. The molecule has 0 saturated carbocycles. The quantitative estimate of drug-likeness (QED) is 0.855. The average molecular weight is 238 g/mol. The Hall–Kier alpha value is -1.52. The van der Waals surface area contributed by atoms with Crippen LogP contribution in [0.15, 0.2) is 30.3 Å². The highest BCUT2D eigenvalue weighted by atomic mass is 35.5. The molecule has 0 aliphatic heterocycles. The van der Waals surface area contributed by atoms with Crippen molar-refractivity contribution in [3.05, 3.63) is 35.4 Å². The summed E-state index contributed by atoms with van der Waals surface area (Å²) in [6, 6.07) is 9.57. The molecule has 5 heteroatoms. The van der Waals surface area contributed by atoms with E-state index >= 15 is 0 Å². The van der Waals surface area contributed by atoms with Crippen molar-refractivity contribution in [2.75, 3.05) is 12.3 Å². The maximum absolute atomic E-state index is 8.86. The number of rotatable bonds is 3. The van der Waals surface area contributed by atoms with Gasteiger partial charge in [-0.1, -0.05) is 41.9 Å². The van der Waals surface area contributed by atoms with Crippen molar-refractivity contribution >= 4 is 17.4 Å². The van der Waals surface area contributed by atoms with Gasteiger partial charge in [-0.2, -0.15) is 5.10 Å². The summed E-state index contributed by atoms with van der Waals surface area (Å²) in [6.45, 7) is 0.328. The van der Waals surface area contributed by atoms with E-state index in [0.717, 1.165) is 5.56 Å². The molecule has 0 radical (unpaired) electrons. The van der Waals surface area contributed by atoms with Crippen LogP contribution >= 0.6 is 11.6 Å². The number of nitrogens with zero attached hydrogens (tertiary/aromatic N) is 2. The number of nitrogens with two attached hydrogens (primary N) is 1. The molecule has 1 aromatic heterocycles. The lowest BCUT2D eigenvalue weighted by molar-refractivity contribution is 0.270. The smallest absolute Gasteiger partial charge is 0.141 e. The highest BCUT2D eigenvalue weighted by molar-refractivity contribution is 6.35. The summed E-state index contributed by atoms with van der Waals surface area (Å²) in [7, 11) is 0. The van der Waals surface area contributed by atoms with Crippen LogP contribution in [-0.4, -0.2) is 21.5 Å². The number of aliphatic hydroxyl groups is 1. The van der Waals surface area contributed by atoms with Gasteiger partial charge in [0.15, 0.2) is 0 Å². The summed E-state index contributed by atoms with van der Waals surface area (Å²) in [4.78, 5) is 0. The lowest BCUT2D eigenvalue weighted by Crippen LogP contribution is -2.07. The van der Waals surface area contributed by atoms with Gasteiger partial charge in [-0.3, -0.25) is 0 Å². The minimum Gasteiger partial charge on any atom is -0.394 e. The topological polar surface area (TPSA) is 64.1 Å². The SMILES string of the molecule is Nc1c(Cl)c(-c2ccccc2)nn1CCO. The first-order valence-electron chi connectivity index (χ1n) is 4.92. The Bertz CT molecular complexity index is 481. The second kappa shape index (κ2) is 4.55. The van der Waals surface area contributed by atoms with E-state index < -0.39 is 0 Å². The number of anilines is 1. The molecule has 0 fully saturated rings. The Morgan fingerprint density at radius 3 is 2.62 bits per heavy atom. The fourth-order valence-electron chi connectivity index (χ4n) is 1.50. The number of aliphatic hydroxyl groups excluding tert-OH is 1. The van der Waals surface area contributed by atoms with E-state index in [-0.39, 0.29) is 6.61 Å². The van der Waals surface area contributed by atoms with Crippen molar-refractivity contribution < 1.29 is 5.11 Å². The van der Waals surface area contributed by atoms with Crippen LogP contribution in [0, 0.1) is 0 Å². The molecule has 0 aliphatic rings. The molecule has 0 bridgehead atoms. The standard InChI is InChI=1S/C11H12ClN3O/c12-9-10(8-4-2-1-3-5-8)14-15(6-7-16)11(9)13/h1-5,16H,6-7,13H2. The average Bonchev–Trinajstić information content (AvgIpc) is 2.59. The largest absolute Gasteiger partial charge is 0.394 e. The maximum atomic E-state index is 8.86. The van der Waals surface area contributed by atoms with Crippen LogP contribution in [0.2, 0.25) is 5.02 Å². The van der Waals surface area contributed by atoms with Crippen molar-refractivity contribution in [3.8, 4) is 11.3 Å². The fraction of sp³-hybridized carbons (Fsp3) is 0.182. The van der Waals surface area contributed by atoms with Crippen molar-refractivity contribution in [3.63, 3.8) is 0 Å². The predicted octanol–water partition coefficient (Wildman–Crippen LogP) is 1.78. The van der Waals surface area contributed by atoms with Gasteiger partial charge in [0.2, 0.25) is 0 Å². The van der Waals surface area contributed by atoms with E-state index in [2.05, 4.69) is 5.10 Å². The molecule has 0 aliphatic carbocycles. The molecule has 2 aromatic rings. The van der Waals surface area contributed by atoms with Crippen LogP contribution in [0.5, 0.6) is 0 Å². The number of aromatic nitrogens is 2. The normalized spacial score (nSPS) is 10.6. The Morgan fingerprint density at radius 2 is 2.00 bits per heavy atom. The van der Waals surface area contributed by atoms with Crippen LogP contribution in [0.25, 0.3) is 11.3 Å². The molecule has 0 amide bonds. The molecule has 16 heavy (non-hydrogen) atoms. The predicted molar refractivity (Wildman–Crippen MR) is 64.2 cm³/mol. The van der Waals surface area contributed by atoms with E-state index in [1.807, 2.05) is 30.3 Å². The minimum absolute atomic E-state index is 0.0174. The van der Waals surface area contributed by atoms with Gasteiger partial charge in [-0.15, -0.1) is 0 Å². The third-order valence-corrected chi connectivity index (χ3v) is 2.66. The van der Waals surface area contributed by atoms with Crippen molar-refractivity contribution in [1.29, 1.82) is 0 Å². The molecule has 2 rings (SSSR count). The highest BCUT2D eigenvalue weighted by Crippen LogP contribution is 2.31. The molecule has 4 nitrogen and oxygen atoms in total. The molecule has 0 atom stereocenters. The molecule has 0 unspecified atom stereocenters. The van der Waals surface area contributed by atoms with E-state index in [1.165, 1.54) is 4.68 Å². The van der Waals surface area contributed by atoms with Crippen molar-refractivity contribution in [2.45, 2.75) is 6.54 Å². The summed E-state index contributed by atoms with van der Waals surface area (Å²) >= 11 is 6.09. The Kier molecular flexibility index (Phi) is 3.12. The zero-order valence-electron chi connectivity index (χ0n) is 8.60. The minimum atomic E-state index is -0.0174. The van der Waals surface area contributed by atoms with E-state index in [1.54, 1.807) is 0 Å². The first kappa shape index (κ1) is 11.0. The number of nitrogen functional groups attached to an aromatic ring is 1. The summed E-state index contributed by atoms with van der Waals surface area (Å²) in [5, 5.41) is 13.6.